The third kappa shape index (κ3) is 4.23. The van der Waals surface area contributed by atoms with E-state index in [9.17, 15) is 9.50 Å². The maximum atomic E-state index is 13.5. The van der Waals surface area contributed by atoms with Crippen LogP contribution >= 0.6 is 11.6 Å². The van der Waals surface area contributed by atoms with E-state index >= 15 is 0 Å². The molecule has 3 unspecified atom stereocenters. The number of aliphatic hydroxyl groups excluding tert-OH is 1. The van der Waals surface area contributed by atoms with Gasteiger partial charge in [0.1, 0.15) is 29.9 Å². The van der Waals surface area contributed by atoms with E-state index < -0.39 is 12.0 Å². The molecule has 0 aliphatic carbocycles. The molecule has 2 aliphatic rings. The molecule has 2 aromatic carbocycles. The van der Waals surface area contributed by atoms with Crippen molar-refractivity contribution in [3.8, 4) is 5.75 Å². The van der Waals surface area contributed by atoms with Gasteiger partial charge in [0.25, 0.3) is 0 Å². The minimum Gasteiger partial charge on any atom is -0.496 e. The van der Waals surface area contributed by atoms with Crippen LogP contribution in [0.2, 0.25) is 5.02 Å². The second kappa shape index (κ2) is 8.78. The molecule has 5 rings (SSSR count). The fourth-order valence-electron chi connectivity index (χ4n) is 4.50. The van der Waals surface area contributed by atoms with Crippen LogP contribution in [0.3, 0.4) is 0 Å². The molecule has 168 valence electrons. The number of ether oxygens (including phenoxy) is 2. The molecule has 3 atom stereocenters. The third-order valence-corrected chi connectivity index (χ3v) is 6.41. The second-order valence-corrected chi connectivity index (χ2v) is 8.66. The first-order valence-electron chi connectivity index (χ1n) is 10.6. The van der Waals surface area contributed by atoms with Crippen LogP contribution in [0.15, 0.2) is 36.7 Å². The van der Waals surface area contributed by atoms with Gasteiger partial charge in [-0.25, -0.2) is 14.4 Å². The average Bonchev–Trinajstić information content (AvgIpc) is 3.13. The van der Waals surface area contributed by atoms with Crippen LogP contribution in [-0.4, -0.2) is 58.6 Å². The zero-order chi connectivity index (χ0) is 22.2. The van der Waals surface area contributed by atoms with Crippen LogP contribution in [-0.2, 0) is 11.2 Å². The number of methoxy groups -OCH3 is 1. The molecule has 0 radical (unpaired) electrons. The van der Waals surface area contributed by atoms with Crippen LogP contribution in [0.4, 0.5) is 15.9 Å². The Morgan fingerprint density at radius 2 is 2.03 bits per heavy atom. The molecule has 3 heterocycles. The predicted octanol–water partition coefficient (Wildman–Crippen LogP) is 3.90. The highest BCUT2D eigenvalue weighted by Gasteiger charge is 2.36. The van der Waals surface area contributed by atoms with Gasteiger partial charge in [0.05, 0.1) is 29.9 Å². The van der Waals surface area contributed by atoms with Crippen LogP contribution in [0.1, 0.15) is 18.4 Å². The summed E-state index contributed by atoms with van der Waals surface area (Å²) in [5.41, 5.74) is 2.15. The number of rotatable bonds is 6. The van der Waals surface area contributed by atoms with Crippen molar-refractivity contribution in [1.29, 1.82) is 0 Å². The first kappa shape index (κ1) is 21.3. The number of hydrogen-bond donors (Lipinski definition) is 2. The van der Waals surface area contributed by atoms with Crippen LogP contribution in [0.25, 0.3) is 10.9 Å². The summed E-state index contributed by atoms with van der Waals surface area (Å²) in [6, 6.07) is 8.17. The number of aliphatic hydroxyl groups is 1. The summed E-state index contributed by atoms with van der Waals surface area (Å²) < 4.78 is 25.0. The Kier molecular flexibility index (Phi) is 5.86. The van der Waals surface area contributed by atoms with Crippen molar-refractivity contribution in [3.05, 3.63) is 53.1 Å². The minimum absolute atomic E-state index is 0.0262. The first-order chi connectivity index (χ1) is 15.5. The maximum absolute atomic E-state index is 13.5. The summed E-state index contributed by atoms with van der Waals surface area (Å²) in [4.78, 5) is 10.8. The van der Waals surface area contributed by atoms with Crippen molar-refractivity contribution in [2.75, 3.05) is 25.5 Å². The van der Waals surface area contributed by atoms with E-state index in [2.05, 4.69) is 20.2 Å². The normalized spacial score (nSPS) is 21.6. The topological polar surface area (TPSA) is 79.7 Å². The average molecular weight is 459 g/mol. The molecule has 1 aromatic heterocycles. The SMILES string of the molecule is COc1cc2ncnc(Nc3ccc(F)c(Cl)c3)c2cc1CC(O)N1CC2CCC(C1)O2. The molecule has 2 fully saturated rings. The van der Waals surface area contributed by atoms with Gasteiger partial charge in [0.15, 0.2) is 0 Å². The molecule has 0 saturated carbocycles. The smallest absolute Gasteiger partial charge is 0.141 e. The Hall–Kier alpha value is -2.52. The standard InChI is InChI=1S/C23H24ClFN4O3/c1-31-21-9-20-17(23(27-12-26-20)28-14-2-5-19(25)18(24)8-14)6-13(21)7-22(30)29-10-15-3-4-16(11-29)32-15/h2,5-6,8-9,12,15-16,22,30H,3-4,7,10-11H2,1H3,(H,26,27,28). The molecule has 2 aliphatic heterocycles. The van der Waals surface area contributed by atoms with Gasteiger partial charge < -0.3 is 19.9 Å². The number of anilines is 2. The zero-order valence-electron chi connectivity index (χ0n) is 17.6. The van der Waals surface area contributed by atoms with Gasteiger partial charge in [-0.3, -0.25) is 4.90 Å². The van der Waals surface area contributed by atoms with Crippen LogP contribution in [0.5, 0.6) is 5.75 Å². The highest BCUT2D eigenvalue weighted by molar-refractivity contribution is 6.31. The van der Waals surface area contributed by atoms with E-state index in [4.69, 9.17) is 21.1 Å². The fraction of sp³-hybridized carbons (Fsp3) is 0.391. The fourth-order valence-corrected chi connectivity index (χ4v) is 4.68. The van der Waals surface area contributed by atoms with Gasteiger partial charge in [0, 0.05) is 36.7 Å². The van der Waals surface area contributed by atoms with Crippen LogP contribution < -0.4 is 10.1 Å². The molecular weight excluding hydrogens is 435 g/mol. The van der Waals surface area contributed by atoms with Gasteiger partial charge >= 0.3 is 0 Å². The quantitative estimate of drug-likeness (QED) is 0.580. The van der Waals surface area contributed by atoms with Crippen molar-refractivity contribution in [2.24, 2.45) is 0 Å². The number of fused-ring (bicyclic) bond motifs is 3. The highest BCUT2D eigenvalue weighted by Crippen LogP contribution is 2.33. The lowest BCUT2D eigenvalue weighted by molar-refractivity contribution is -0.0996. The van der Waals surface area contributed by atoms with Gasteiger partial charge in [0.2, 0.25) is 0 Å². The Morgan fingerprint density at radius 3 is 2.75 bits per heavy atom. The summed E-state index contributed by atoms with van der Waals surface area (Å²) >= 11 is 5.91. The molecule has 7 nitrogen and oxygen atoms in total. The summed E-state index contributed by atoms with van der Waals surface area (Å²) in [6.45, 7) is 1.46. The van der Waals surface area contributed by atoms with Crippen molar-refractivity contribution in [3.63, 3.8) is 0 Å². The number of benzene rings is 2. The molecule has 2 saturated heterocycles. The van der Waals surface area contributed by atoms with Crippen molar-refractivity contribution < 1.29 is 19.0 Å². The van der Waals surface area contributed by atoms with Crippen molar-refractivity contribution in [1.82, 2.24) is 14.9 Å². The highest BCUT2D eigenvalue weighted by atomic mass is 35.5. The van der Waals surface area contributed by atoms with Gasteiger partial charge in [-0.15, -0.1) is 0 Å². The molecule has 2 N–H and O–H groups in total. The molecule has 9 heteroatoms. The van der Waals surface area contributed by atoms with E-state index in [0.717, 1.165) is 36.9 Å². The van der Waals surface area contributed by atoms with Gasteiger partial charge in [-0.2, -0.15) is 0 Å². The van der Waals surface area contributed by atoms with Gasteiger partial charge in [-0.05, 0) is 42.7 Å². The summed E-state index contributed by atoms with van der Waals surface area (Å²) in [6.07, 6.45) is 3.70. The van der Waals surface area contributed by atoms with E-state index in [-0.39, 0.29) is 17.2 Å². The number of aromatic nitrogens is 2. The van der Waals surface area contributed by atoms with E-state index in [1.165, 1.54) is 18.5 Å². The Balaban J connectivity index is 1.44. The Labute approximate surface area is 190 Å². The molecule has 32 heavy (non-hydrogen) atoms. The van der Waals surface area contributed by atoms with Crippen molar-refractivity contribution in [2.45, 2.75) is 37.7 Å². The molecule has 0 amide bonds. The predicted molar refractivity (Wildman–Crippen MR) is 120 cm³/mol. The number of nitrogens with one attached hydrogen (secondary N) is 1. The van der Waals surface area contributed by atoms with E-state index in [1.807, 2.05) is 12.1 Å². The molecule has 2 bridgehead atoms. The maximum Gasteiger partial charge on any atom is 0.141 e. The summed E-state index contributed by atoms with van der Waals surface area (Å²) in [7, 11) is 1.60. The van der Waals surface area contributed by atoms with Crippen LogP contribution in [0, 0.1) is 5.82 Å². The molecule has 3 aromatic rings. The summed E-state index contributed by atoms with van der Waals surface area (Å²) in [5, 5.41) is 14.9. The monoisotopic (exact) mass is 458 g/mol. The third-order valence-electron chi connectivity index (χ3n) is 6.12. The second-order valence-electron chi connectivity index (χ2n) is 8.25. The van der Waals surface area contributed by atoms with E-state index in [1.54, 1.807) is 13.2 Å². The minimum atomic E-state index is -0.648. The lowest BCUT2D eigenvalue weighted by Gasteiger charge is -2.35. The van der Waals surface area contributed by atoms with E-state index in [0.29, 0.717) is 29.2 Å². The number of morpholine rings is 1. The number of hydrogen-bond acceptors (Lipinski definition) is 7. The number of likely N-dealkylation sites (tertiary alicyclic amines) is 1. The Bertz CT molecular complexity index is 1140. The molecule has 0 spiro atoms. The lowest BCUT2D eigenvalue weighted by Crippen LogP contribution is -2.48. The lowest BCUT2D eigenvalue weighted by atomic mass is 10.0. The first-order valence-corrected chi connectivity index (χ1v) is 11.0. The van der Waals surface area contributed by atoms with Crippen molar-refractivity contribution >= 4 is 34.0 Å². The number of nitrogens with zero attached hydrogens (tertiary/aromatic N) is 3. The molecular formula is C23H24ClFN4O3. The largest absolute Gasteiger partial charge is 0.496 e. The number of halogens is 2. The zero-order valence-corrected chi connectivity index (χ0v) is 18.3. The summed E-state index contributed by atoms with van der Waals surface area (Å²) in [5.74, 6) is 0.727. The Morgan fingerprint density at radius 1 is 1.25 bits per heavy atom. The van der Waals surface area contributed by atoms with Gasteiger partial charge in [-0.1, -0.05) is 11.6 Å².